The third-order valence-electron chi connectivity index (χ3n) is 4.25. The Hall–Kier alpha value is -1.81. The van der Waals surface area contributed by atoms with Gasteiger partial charge < -0.3 is 9.64 Å². The number of carbonyl (C=O) groups excluding carboxylic acids is 1. The highest BCUT2D eigenvalue weighted by Gasteiger charge is 2.28. The van der Waals surface area contributed by atoms with E-state index in [0.717, 1.165) is 24.3 Å². The van der Waals surface area contributed by atoms with Crippen LogP contribution in [0.5, 0.6) is 5.75 Å². The van der Waals surface area contributed by atoms with Crippen molar-refractivity contribution in [3.8, 4) is 5.75 Å². The molecule has 3 rings (SSSR count). The molecule has 0 saturated heterocycles. The van der Waals surface area contributed by atoms with E-state index in [1.54, 1.807) is 18.4 Å². The molecule has 1 fully saturated rings. The molecule has 0 atom stereocenters. The van der Waals surface area contributed by atoms with Crippen LogP contribution in [-0.4, -0.2) is 13.0 Å². The van der Waals surface area contributed by atoms with Crippen molar-refractivity contribution in [1.82, 2.24) is 0 Å². The van der Waals surface area contributed by atoms with E-state index >= 15 is 0 Å². The molecular formula is C18H21NO2S. The third-order valence-corrected chi connectivity index (χ3v) is 5.11. The van der Waals surface area contributed by atoms with Crippen molar-refractivity contribution >= 4 is 22.9 Å². The topological polar surface area (TPSA) is 29.5 Å². The van der Waals surface area contributed by atoms with Crippen LogP contribution in [0, 0.1) is 5.92 Å². The Morgan fingerprint density at radius 3 is 2.55 bits per heavy atom. The second-order valence-electron chi connectivity index (χ2n) is 5.68. The van der Waals surface area contributed by atoms with Crippen LogP contribution in [0.15, 0.2) is 41.8 Å². The van der Waals surface area contributed by atoms with E-state index in [2.05, 4.69) is 11.4 Å². The molecule has 116 valence electrons. The quantitative estimate of drug-likeness (QED) is 0.814. The molecule has 4 heteroatoms. The highest BCUT2D eigenvalue weighted by Crippen LogP contribution is 2.30. The first kappa shape index (κ1) is 15.1. The van der Waals surface area contributed by atoms with Crippen LogP contribution in [-0.2, 0) is 11.3 Å². The molecule has 0 radical (unpaired) electrons. The van der Waals surface area contributed by atoms with Crippen molar-refractivity contribution in [2.45, 2.75) is 32.2 Å². The van der Waals surface area contributed by atoms with Gasteiger partial charge >= 0.3 is 0 Å². The molecule has 1 aromatic carbocycles. The van der Waals surface area contributed by atoms with Crippen molar-refractivity contribution in [3.63, 3.8) is 0 Å². The molecule has 2 aromatic rings. The van der Waals surface area contributed by atoms with E-state index in [0.29, 0.717) is 6.54 Å². The summed E-state index contributed by atoms with van der Waals surface area (Å²) in [5.41, 5.74) is 0.950. The number of hydrogen-bond donors (Lipinski definition) is 0. The largest absolute Gasteiger partial charge is 0.497 e. The molecule has 1 amide bonds. The Morgan fingerprint density at radius 1 is 1.23 bits per heavy atom. The fourth-order valence-corrected chi connectivity index (χ4v) is 3.70. The molecule has 0 N–H and O–H groups in total. The third kappa shape index (κ3) is 3.33. The lowest BCUT2D eigenvalue weighted by Gasteiger charge is -2.25. The molecule has 0 unspecified atom stereocenters. The molecule has 22 heavy (non-hydrogen) atoms. The standard InChI is InChI=1S/C18H21NO2S/c1-21-16-10-8-15(9-11-16)19(13-17-7-4-12-22-17)18(20)14-5-2-3-6-14/h4,7-12,14H,2-3,5-6,13H2,1H3. The maximum absolute atomic E-state index is 12.9. The van der Waals surface area contributed by atoms with Gasteiger partial charge in [-0.1, -0.05) is 18.9 Å². The van der Waals surface area contributed by atoms with Crippen molar-refractivity contribution in [1.29, 1.82) is 0 Å². The Morgan fingerprint density at radius 2 is 1.95 bits per heavy atom. The molecule has 3 nitrogen and oxygen atoms in total. The van der Waals surface area contributed by atoms with Gasteiger partial charge in [-0.3, -0.25) is 4.79 Å². The van der Waals surface area contributed by atoms with Gasteiger partial charge in [0, 0.05) is 16.5 Å². The van der Waals surface area contributed by atoms with Crippen LogP contribution in [0.3, 0.4) is 0 Å². The summed E-state index contributed by atoms with van der Waals surface area (Å²) in [6.07, 6.45) is 4.39. The number of rotatable bonds is 5. The predicted octanol–water partition coefficient (Wildman–Crippen LogP) is 4.48. The first-order chi connectivity index (χ1) is 10.8. The number of thiophene rings is 1. The minimum atomic E-state index is 0.182. The molecule has 0 aliphatic heterocycles. The second kappa shape index (κ2) is 6.97. The summed E-state index contributed by atoms with van der Waals surface area (Å²) < 4.78 is 5.21. The number of ether oxygens (including phenoxy) is 1. The van der Waals surface area contributed by atoms with Crippen LogP contribution in [0.1, 0.15) is 30.6 Å². The van der Waals surface area contributed by atoms with Gasteiger partial charge in [0.1, 0.15) is 5.75 Å². The van der Waals surface area contributed by atoms with Crippen LogP contribution in [0.25, 0.3) is 0 Å². The van der Waals surface area contributed by atoms with Crippen LogP contribution < -0.4 is 9.64 Å². The Kier molecular flexibility index (Phi) is 4.78. The fraction of sp³-hybridized carbons (Fsp3) is 0.389. The summed E-state index contributed by atoms with van der Waals surface area (Å²) in [5, 5.41) is 2.06. The SMILES string of the molecule is COc1ccc(N(Cc2cccs2)C(=O)C2CCCC2)cc1. The van der Waals surface area contributed by atoms with E-state index in [1.807, 2.05) is 35.2 Å². The highest BCUT2D eigenvalue weighted by atomic mass is 32.1. The predicted molar refractivity (Wildman–Crippen MR) is 90.5 cm³/mol. The first-order valence-electron chi connectivity index (χ1n) is 7.76. The molecule has 1 aromatic heterocycles. The lowest BCUT2D eigenvalue weighted by atomic mass is 10.1. The van der Waals surface area contributed by atoms with E-state index in [-0.39, 0.29) is 11.8 Å². The lowest BCUT2D eigenvalue weighted by Crippen LogP contribution is -2.34. The number of carbonyl (C=O) groups is 1. The number of hydrogen-bond acceptors (Lipinski definition) is 3. The van der Waals surface area contributed by atoms with Crippen LogP contribution in [0.4, 0.5) is 5.69 Å². The Bertz CT molecular complexity index is 601. The first-order valence-corrected chi connectivity index (χ1v) is 8.63. The Balaban J connectivity index is 1.85. The summed E-state index contributed by atoms with van der Waals surface area (Å²) >= 11 is 1.69. The van der Waals surface area contributed by atoms with E-state index in [1.165, 1.54) is 17.7 Å². The maximum atomic E-state index is 12.9. The molecule has 0 bridgehead atoms. The van der Waals surface area contributed by atoms with Gasteiger partial charge in [-0.25, -0.2) is 0 Å². The summed E-state index contributed by atoms with van der Waals surface area (Å²) in [6, 6.07) is 11.9. The van der Waals surface area contributed by atoms with Gasteiger partial charge in [0.25, 0.3) is 0 Å². The molecule has 1 aliphatic rings. The number of methoxy groups -OCH3 is 1. The smallest absolute Gasteiger partial charge is 0.230 e. The van der Waals surface area contributed by atoms with Gasteiger partial charge in [-0.15, -0.1) is 11.3 Å². The number of anilines is 1. The van der Waals surface area contributed by atoms with Crippen LogP contribution >= 0.6 is 11.3 Å². The summed E-state index contributed by atoms with van der Waals surface area (Å²) in [7, 11) is 1.65. The maximum Gasteiger partial charge on any atom is 0.230 e. The fourth-order valence-electron chi connectivity index (χ4n) is 3.01. The highest BCUT2D eigenvalue weighted by molar-refractivity contribution is 7.09. The van der Waals surface area contributed by atoms with Crippen molar-refractivity contribution in [3.05, 3.63) is 46.7 Å². The molecule has 0 spiro atoms. The summed E-state index contributed by atoms with van der Waals surface area (Å²) in [5.74, 6) is 1.26. The average Bonchev–Trinajstić information content (AvgIpc) is 3.25. The zero-order chi connectivity index (χ0) is 15.4. The van der Waals surface area contributed by atoms with Gasteiger partial charge in [-0.2, -0.15) is 0 Å². The van der Waals surface area contributed by atoms with E-state index in [9.17, 15) is 4.79 Å². The number of amides is 1. The van der Waals surface area contributed by atoms with Gasteiger partial charge in [0.2, 0.25) is 5.91 Å². The average molecular weight is 315 g/mol. The molecule has 1 heterocycles. The van der Waals surface area contributed by atoms with Gasteiger partial charge in [-0.05, 0) is 48.6 Å². The summed E-state index contributed by atoms with van der Waals surface area (Å²) in [6.45, 7) is 0.652. The van der Waals surface area contributed by atoms with E-state index < -0.39 is 0 Å². The number of benzene rings is 1. The lowest BCUT2D eigenvalue weighted by molar-refractivity contribution is -0.122. The minimum Gasteiger partial charge on any atom is -0.497 e. The van der Waals surface area contributed by atoms with E-state index in [4.69, 9.17) is 4.74 Å². The second-order valence-corrected chi connectivity index (χ2v) is 6.72. The molecule has 1 saturated carbocycles. The Labute approximate surface area is 135 Å². The van der Waals surface area contributed by atoms with Crippen LogP contribution in [0.2, 0.25) is 0 Å². The van der Waals surface area contributed by atoms with Crippen molar-refractivity contribution < 1.29 is 9.53 Å². The zero-order valence-electron chi connectivity index (χ0n) is 12.8. The van der Waals surface area contributed by atoms with Gasteiger partial charge in [0.15, 0.2) is 0 Å². The van der Waals surface area contributed by atoms with Crippen molar-refractivity contribution in [2.24, 2.45) is 5.92 Å². The molecule has 1 aliphatic carbocycles. The minimum absolute atomic E-state index is 0.182. The summed E-state index contributed by atoms with van der Waals surface area (Å²) in [4.78, 5) is 16.1. The monoisotopic (exact) mass is 315 g/mol. The number of nitrogens with zero attached hydrogens (tertiary/aromatic N) is 1. The zero-order valence-corrected chi connectivity index (χ0v) is 13.6. The van der Waals surface area contributed by atoms with Gasteiger partial charge in [0.05, 0.1) is 13.7 Å². The van der Waals surface area contributed by atoms with Crippen molar-refractivity contribution in [2.75, 3.05) is 12.0 Å². The molecular weight excluding hydrogens is 294 g/mol. The normalized spacial score (nSPS) is 15.0.